The fraction of sp³-hybridized carbons (Fsp3) is 0.250. The van der Waals surface area contributed by atoms with Crippen LogP contribution in [-0.4, -0.2) is 30.6 Å². The summed E-state index contributed by atoms with van der Waals surface area (Å²) in [4.78, 5) is 18.6. The summed E-state index contributed by atoms with van der Waals surface area (Å²) in [5.41, 5.74) is 0.972. The molecular weight excluding hydrogens is 304 g/mol. The summed E-state index contributed by atoms with van der Waals surface area (Å²) in [6.45, 7) is 2.33. The summed E-state index contributed by atoms with van der Waals surface area (Å²) in [6.07, 6.45) is 1.40. The van der Waals surface area contributed by atoms with Crippen molar-refractivity contribution in [3.8, 4) is 11.5 Å². The summed E-state index contributed by atoms with van der Waals surface area (Å²) in [6, 6.07) is 8.66. The predicted molar refractivity (Wildman–Crippen MR) is 84.0 cm³/mol. The number of nitrogens with zero attached hydrogens (tertiary/aromatic N) is 2. The van der Waals surface area contributed by atoms with Crippen LogP contribution in [0.25, 0.3) is 0 Å². The van der Waals surface area contributed by atoms with E-state index in [1.54, 1.807) is 42.5 Å². The van der Waals surface area contributed by atoms with Crippen molar-refractivity contribution in [2.75, 3.05) is 18.6 Å². The minimum atomic E-state index is -0.211. The zero-order valence-electron chi connectivity index (χ0n) is 12.2. The molecule has 3 rings (SSSR count). The normalized spacial score (nSPS) is 16.7. The first-order chi connectivity index (χ1) is 10.6. The van der Waals surface area contributed by atoms with Gasteiger partial charge in [-0.15, -0.1) is 0 Å². The summed E-state index contributed by atoms with van der Waals surface area (Å²) in [5.74, 6) is 0.905. The number of hydrogen-bond acceptors (Lipinski definition) is 4. The van der Waals surface area contributed by atoms with Gasteiger partial charge in [-0.05, 0) is 25.1 Å². The van der Waals surface area contributed by atoms with E-state index in [-0.39, 0.29) is 12.0 Å². The minimum Gasteiger partial charge on any atom is -0.497 e. The monoisotopic (exact) mass is 318 g/mol. The number of benzene rings is 1. The van der Waals surface area contributed by atoms with Crippen LogP contribution in [0.3, 0.4) is 0 Å². The van der Waals surface area contributed by atoms with Crippen molar-refractivity contribution in [1.82, 2.24) is 4.98 Å². The van der Waals surface area contributed by atoms with Gasteiger partial charge in [0.2, 0.25) is 0 Å². The molecular formula is C16H15ClN2O3. The van der Waals surface area contributed by atoms with E-state index in [1.807, 2.05) is 13.0 Å². The third-order valence-corrected chi connectivity index (χ3v) is 3.72. The molecule has 1 aromatic carbocycles. The maximum Gasteiger partial charge on any atom is 0.277 e. The number of halogens is 1. The van der Waals surface area contributed by atoms with Gasteiger partial charge in [-0.2, -0.15) is 0 Å². The van der Waals surface area contributed by atoms with Gasteiger partial charge in [-0.1, -0.05) is 17.7 Å². The first-order valence-electron chi connectivity index (χ1n) is 6.87. The lowest BCUT2D eigenvalue weighted by Gasteiger charge is -2.33. The molecule has 2 heterocycles. The molecule has 1 aliphatic rings. The number of ether oxygens (including phenoxy) is 2. The first-order valence-corrected chi connectivity index (χ1v) is 7.25. The predicted octanol–water partition coefficient (Wildman–Crippen LogP) is 3.17. The van der Waals surface area contributed by atoms with Crippen molar-refractivity contribution in [1.29, 1.82) is 0 Å². The second kappa shape index (κ2) is 5.85. The van der Waals surface area contributed by atoms with E-state index in [9.17, 15) is 4.79 Å². The zero-order chi connectivity index (χ0) is 15.7. The second-order valence-corrected chi connectivity index (χ2v) is 5.42. The number of para-hydroxylation sites is 1. The fourth-order valence-corrected chi connectivity index (χ4v) is 2.62. The highest BCUT2D eigenvalue weighted by molar-refractivity contribution is 6.32. The number of aromatic nitrogens is 1. The number of methoxy groups -OCH3 is 1. The summed E-state index contributed by atoms with van der Waals surface area (Å²) >= 11 is 6.17. The summed E-state index contributed by atoms with van der Waals surface area (Å²) in [7, 11) is 1.55. The lowest BCUT2D eigenvalue weighted by atomic mass is 10.1. The molecule has 0 fully saturated rings. The molecule has 0 spiro atoms. The van der Waals surface area contributed by atoms with Crippen LogP contribution in [0.2, 0.25) is 5.02 Å². The van der Waals surface area contributed by atoms with Gasteiger partial charge in [0.25, 0.3) is 5.91 Å². The molecule has 0 saturated heterocycles. The van der Waals surface area contributed by atoms with Gasteiger partial charge in [0.1, 0.15) is 17.5 Å². The number of pyridine rings is 1. The molecule has 1 aromatic heterocycles. The Labute approximate surface area is 133 Å². The molecule has 114 valence electrons. The fourth-order valence-electron chi connectivity index (χ4n) is 2.41. The van der Waals surface area contributed by atoms with E-state index in [1.165, 1.54) is 0 Å². The summed E-state index contributed by atoms with van der Waals surface area (Å²) in [5, 5.41) is 0.487. The van der Waals surface area contributed by atoms with E-state index in [0.717, 1.165) is 0 Å². The SMILES string of the molecule is COc1ccnc(C(=O)N2C[C@H](C)Oc3c(Cl)cccc32)c1. The van der Waals surface area contributed by atoms with Gasteiger partial charge in [-0.3, -0.25) is 14.7 Å². The zero-order valence-corrected chi connectivity index (χ0v) is 13.0. The Morgan fingerprint density at radius 2 is 2.27 bits per heavy atom. The van der Waals surface area contributed by atoms with Gasteiger partial charge in [0.05, 0.1) is 24.4 Å². The molecule has 6 heteroatoms. The van der Waals surface area contributed by atoms with Crippen LogP contribution in [0, 0.1) is 0 Å². The van der Waals surface area contributed by atoms with Gasteiger partial charge in [-0.25, -0.2) is 0 Å². The van der Waals surface area contributed by atoms with Crippen LogP contribution in [0.5, 0.6) is 11.5 Å². The second-order valence-electron chi connectivity index (χ2n) is 5.01. The highest BCUT2D eigenvalue weighted by atomic mass is 35.5. The molecule has 22 heavy (non-hydrogen) atoms. The van der Waals surface area contributed by atoms with E-state index in [4.69, 9.17) is 21.1 Å². The van der Waals surface area contributed by atoms with Gasteiger partial charge in [0, 0.05) is 12.3 Å². The molecule has 2 aromatic rings. The number of carbonyl (C=O) groups is 1. The first kappa shape index (κ1) is 14.7. The smallest absolute Gasteiger partial charge is 0.277 e. The topological polar surface area (TPSA) is 51.7 Å². The van der Waals surface area contributed by atoms with E-state index >= 15 is 0 Å². The van der Waals surface area contributed by atoms with Crippen LogP contribution < -0.4 is 14.4 Å². The Balaban J connectivity index is 2.01. The van der Waals surface area contributed by atoms with Crippen molar-refractivity contribution < 1.29 is 14.3 Å². The molecule has 0 bridgehead atoms. The maximum absolute atomic E-state index is 12.8. The number of rotatable bonds is 2. The number of anilines is 1. The molecule has 1 atom stereocenters. The van der Waals surface area contributed by atoms with Crippen molar-refractivity contribution >= 4 is 23.2 Å². The highest BCUT2D eigenvalue weighted by Gasteiger charge is 2.30. The Morgan fingerprint density at radius 1 is 1.45 bits per heavy atom. The molecule has 0 unspecified atom stereocenters. The van der Waals surface area contributed by atoms with Crippen molar-refractivity contribution in [2.45, 2.75) is 13.0 Å². The summed E-state index contributed by atoms with van der Waals surface area (Å²) < 4.78 is 10.9. The lowest BCUT2D eigenvalue weighted by molar-refractivity contribution is 0.0956. The van der Waals surface area contributed by atoms with Crippen molar-refractivity contribution in [3.63, 3.8) is 0 Å². The highest BCUT2D eigenvalue weighted by Crippen LogP contribution is 2.39. The molecule has 1 amide bonds. The third kappa shape index (κ3) is 2.60. The standard InChI is InChI=1S/C16H15ClN2O3/c1-10-9-19(14-5-3-4-12(17)15(14)22-10)16(20)13-8-11(21-2)6-7-18-13/h3-8,10H,9H2,1-2H3/t10-/m0/s1. The number of carbonyl (C=O) groups excluding carboxylic acids is 1. The van der Waals surface area contributed by atoms with Crippen molar-refractivity contribution in [3.05, 3.63) is 47.2 Å². The Morgan fingerprint density at radius 3 is 3.05 bits per heavy atom. The van der Waals surface area contributed by atoms with Gasteiger partial charge >= 0.3 is 0 Å². The van der Waals surface area contributed by atoms with E-state index in [2.05, 4.69) is 4.98 Å². The minimum absolute atomic E-state index is 0.151. The Kier molecular flexibility index (Phi) is 3.90. The third-order valence-electron chi connectivity index (χ3n) is 3.43. The van der Waals surface area contributed by atoms with E-state index in [0.29, 0.717) is 34.4 Å². The average Bonchev–Trinajstić information content (AvgIpc) is 2.54. The molecule has 0 aliphatic carbocycles. The molecule has 0 radical (unpaired) electrons. The quantitative estimate of drug-likeness (QED) is 0.853. The lowest BCUT2D eigenvalue weighted by Crippen LogP contribution is -2.42. The van der Waals surface area contributed by atoms with Crippen LogP contribution in [0.4, 0.5) is 5.69 Å². The maximum atomic E-state index is 12.8. The van der Waals surface area contributed by atoms with Crippen molar-refractivity contribution in [2.24, 2.45) is 0 Å². The number of hydrogen-bond donors (Lipinski definition) is 0. The van der Waals surface area contributed by atoms with Crippen LogP contribution in [0.15, 0.2) is 36.5 Å². The van der Waals surface area contributed by atoms with Gasteiger partial charge < -0.3 is 9.47 Å². The molecule has 1 aliphatic heterocycles. The molecule has 5 nitrogen and oxygen atoms in total. The van der Waals surface area contributed by atoms with Crippen LogP contribution in [-0.2, 0) is 0 Å². The van der Waals surface area contributed by atoms with Crippen LogP contribution in [0.1, 0.15) is 17.4 Å². The Hall–Kier alpha value is -2.27. The average molecular weight is 319 g/mol. The number of fused-ring (bicyclic) bond motifs is 1. The largest absolute Gasteiger partial charge is 0.497 e. The Bertz CT molecular complexity index is 720. The number of amides is 1. The molecule has 0 saturated carbocycles. The van der Waals surface area contributed by atoms with Crippen LogP contribution >= 0.6 is 11.6 Å². The molecule has 0 N–H and O–H groups in total. The van der Waals surface area contributed by atoms with E-state index < -0.39 is 0 Å². The van der Waals surface area contributed by atoms with Gasteiger partial charge in [0.15, 0.2) is 5.75 Å².